The number of ketones is 1. The van der Waals surface area contributed by atoms with Gasteiger partial charge in [0, 0.05) is 24.9 Å². The van der Waals surface area contributed by atoms with Crippen molar-refractivity contribution in [3.63, 3.8) is 0 Å². The van der Waals surface area contributed by atoms with E-state index < -0.39 is 0 Å². The summed E-state index contributed by atoms with van der Waals surface area (Å²) in [6.45, 7) is 4.28. The van der Waals surface area contributed by atoms with E-state index >= 15 is 0 Å². The molecule has 22 heavy (non-hydrogen) atoms. The van der Waals surface area contributed by atoms with Gasteiger partial charge < -0.3 is 5.32 Å². The molecule has 0 saturated carbocycles. The van der Waals surface area contributed by atoms with Gasteiger partial charge in [0.1, 0.15) is 5.78 Å². The molecule has 1 amide bonds. The number of carbonyl (C=O) groups excluding carboxylic acids is 2. The molecule has 0 aliphatic carbocycles. The first-order valence-corrected chi connectivity index (χ1v) is 7.47. The molecule has 0 aromatic heterocycles. The van der Waals surface area contributed by atoms with Gasteiger partial charge >= 0.3 is 0 Å². The first-order valence-electron chi connectivity index (χ1n) is 7.47. The molecule has 3 heteroatoms. The predicted octanol–water partition coefficient (Wildman–Crippen LogP) is 3.24. The average Bonchev–Trinajstić information content (AvgIpc) is 2.47. The zero-order valence-corrected chi connectivity index (χ0v) is 13.1. The van der Waals surface area contributed by atoms with Crippen LogP contribution >= 0.6 is 0 Å². The van der Waals surface area contributed by atoms with Crippen molar-refractivity contribution in [1.29, 1.82) is 0 Å². The molecule has 1 N–H and O–H groups in total. The van der Waals surface area contributed by atoms with Crippen molar-refractivity contribution < 1.29 is 9.59 Å². The number of rotatable bonds is 6. The van der Waals surface area contributed by atoms with E-state index in [1.807, 2.05) is 56.3 Å². The number of benzene rings is 2. The predicted molar refractivity (Wildman–Crippen MR) is 88.0 cm³/mol. The largest absolute Gasteiger partial charge is 0.352 e. The van der Waals surface area contributed by atoms with E-state index in [0.717, 1.165) is 16.7 Å². The minimum Gasteiger partial charge on any atom is -0.352 e. The zero-order chi connectivity index (χ0) is 15.9. The molecule has 0 saturated heterocycles. The minimum absolute atomic E-state index is 0.124. The molecular weight excluding hydrogens is 274 g/mol. The molecule has 0 heterocycles. The quantitative estimate of drug-likeness (QED) is 0.889. The standard InChI is InChI=1S/C19H21NO2/c1-14-6-5-8-16(12-14)13-17(21)10-11-20-19(22)18-9-4-3-7-15(18)2/h3-9,12H,10-11,13H2,1-2H3,(H,20,22). The Bertz CT molecular complexity index is 677. The number of carbonyl (C=O) groups is 2. The maximum atomic E-state index is 12.0. The number of nitrogens with one attached hydrogen (secondary N) is 1. The van der Waals surface area contributed by atoms with Gasteiger partial charge in [0.2, 0.25) is 0 Å². The van der Waals surface area contributed by atoms with Crippen LogP contribution in [0.4, 0.5) is 0 Å². The Morgan fingerprint density at radius 1 is 1.00 bits per heavy atom. The van der Waals surface area contributed by atoms with Crippen LogP contribution in [0.1, 0.15) is 33.5 Å². The van der Waals surface area contributed by atoms with Crippen LogP contribution in [-0.4, -0.2) is 18.2 Å². The van der Waals surface area contributed by atoms with Crippen LogP contribution in [0.3, 0.4) is 0 Å². The number of amides is 1. The smallest absolute Gasteiger partial charge is 0.251 e. The summed E-state index contributed by atoms with van der Waals surface area (Å²) in [5, 5.41) is 2.81. The van der Waals surface area contributed by atoms with Gasteiger partial charge in [-0.15, -0.1) is 0 Å². The zero-order valence-electron chi connectivity index (χ0n) is 13.1. The van der Waals surface area contributed by atoms with Crippen molar-refractivity contribution in [3.8, 4) is 0 Å². The molecule has 0 aliphatic rings. The van der Waals surface area contributed by atoms with Crippen molar-refractivity contribution in [2.24, 2.45) is 0 Å². The highest BCUT2D eigenvalue weighted by molar-refractivity contribution is 5.95. The molecule has 0 atom stereocenters. The molecule has 2 aromatic rings. The number of hydrogen-bond donors (Lipinski definition) is 1. The summed E-state index contributed by atoms with van der Waals surface area (Å²) in [5.41, 5.74) is 3.77. The normalized spacial score (nSPS) is 10.3. The third kappa shape index (κ3) is 4.55. The van der Waals surface area contributed by atoms with Crippen molar-refractivity contribution in [3.05, 3.63) is 70.8 Å². The SMILES string of the molecule is Cc1cccc(CC(=O)CCNC(=O)c2ccccc2C)c1. The van der Waals surface area contributed by atoms with Crippen LogP contribution in [0.25, 0.3) is 0 Å². The minimum atomic E-state index is -0.124. The van der Waals surface area contributed by atoms with Gasteiger partial charge in [-0.2, -0.15) is 0 Å². The van der Waals surface area contributed by atoms with Gasteiger partial charge in [-0.1, -0.05) is 48.0 Å². The maximum Gasteiger partial charge on any atom is 0.251 e. The summed E-state index contributed by atoms with van der Waals surface area (Å²) in [5.74, 6) is 0.0112. The monoisotopic (exact) mass is 295 g/mol. The summed E-state index contributed by atoms with van der Waals surface area (Å²) in [6.07, 6.45) is 0.771. The van der Waals surface area contributed by atoms with Crippen LogP contribution in [0, 0.1) is 13.8 Å². The third-order valence-electron chi connectivity index (χ3n) is 3.56. The lowest BCUT2D eigenvalue weighted by molar-refractivity contribution is -0.118. The van der Waals surface area contributed by atoms with Gasteiger partial charge in [-0.25, -0.2) is 0 Å². The summed E-state index contributed by atoms with van der Waals surface area (Å²) < 4.78 is 0. The summed E-state index contributed by atoms with van der Waals surface area (Å²) in [6, 6.07) is 15.4. The molecule has 0 fully saturated rings. The molecule has 2 aromatic carbocycles. The summed E-state index contributed by atoms with van der Waals surface area (Å²) in [7, 11) is 0. The summed E-state index contributed by atoms with van der Waals surface area (Å²) in [4.78, 5) is 24.0. The number of Topliss-reactive ketones (excluding diaryl/α,β-unsaturated/α-hetero) is 1. The lowest BCUT2D eigenvalue weighted by Gasteiger charge is -2.07. The first-order chi connectivity index (χ1) is 10.6. The second-order valence-corrected chi connectivity index (χ2v) is 5.53. The van der Waals surface area contributed by atoms with Crippen LogP contribution < -0.4 is 5.32 Å². The van der Waals surface area contributed by atoms with Gasteiger partial charge in [0.25, 0.3) is 5.91 Å². The van der Waals surface area contributed by atoms with E-state index in [9.17, 15) is 9.59 Å². The highest BCUT2D eigenvalue weighted by Crippen LogP contribution is 2.07. The molecule has 0 aliphatic heterocycles. The molecule has 0 unspecified atom stereocenters. The van der Waals surface area contributed by atoms with Gasteiger partial charge in [0.05, 0.1) is 0 Å². The van der Waals surface area contributed by atoms with Crippen LogP contribution in [0.2, 0.25) is 0 Å². The van der Waals surface area contributed by atoms with Crippen molar-refractivity contribution >= 4 is 11.7 Å². The Labute approximate surface area is 131 Å². The van der Waals surface area contributed by atoms with Crippen LogP contribution in [-0.2, 0) is 11.2 Å². The highest BCUT2D eigenvalue weighted by atomic mass is 16.1. The lowest BCUT2D eigenvalue weighted by Crippen LogP contribution is -2.27. The van der Waals surface area contributed by atoms with E-state index in [-0.39, 0.29) is 11.7 Å². The molecule has 0 bridgehead atoms. The average molecular weight is 295 g/mol. The van der Waals surface area contributed by atoms with E-state index in [0.29, 0.717) is 24.9 Å². The second-order valence-electron chi connectivity index (χ2n) is 5.53. The second kappa shape index (κ2) is 7.55. The van der Waals surface area contributed by atoms with E-state index in [4.69, 9.17) is 0 Å². The fourth-order valence-corrected chi connectivity index (χ4v) is 2.38. The highest BCUT2D eigenvalue weighted by Gasteiger charge is 2.09. The van der Waals surface area contributed by atoms with Gasteiger partial charge in [-0.05, 0) is 31.0 Å². The topological polar surface area (TPSA) is 46.2 Å². The maximum absolute atomic E-state index is 12.0. The van der Waals surface area contributed by atoms with E-state index in [2.05, 4.69) is 5.32 Å². The Morgan fingerprint density at radius 3 is 2.50 bits per heavy atom. The Morgan fingerprint density at radius 2 is 1.77 bits per heavy atom. The number of hydrogen-bond acceptors (Lipinski definition) is 2. The fraction of sp³-hybridized carbons (Fsp3) is 0.263. The van der Waals surface area contributed by atoms with Gasteiger partial charge in [0.15, 0.2) is 0 Å². The summed E-state index contributed by atoms with van der Waals surface area (Å²) >= 11 is 0. The fourth-order valence-electron chi connectivity index (χ4n) is 2.38. The Balaban J connectivity index is 1.80. The molecule has 114 valence electrons. The molecule has 0 spiro atoms. The molecular formula is C19H21NO2. The first kappa shape index (κ1) is 16.0. The molecule has 0 radical (unpaired) electrons. The third-order valence-corrected chi connectivity index (χ3v) is 3.56. The number of aryl methyl sites for hydroxylation is 2. The van der Waals surface area contributed by atoms with E-state index in [1.54, 1.807) is 6.07 Å². The Kier molecular flexibility index (Phi) is 5.48. The van der Waals surface area contributed by atoms with Gasteiger partial charge in [-0.3, -0.25) is 9.59 Å². The Hall–Kier alpha value is -2.42. The van der Waals surface area contributed by atoms with Crippen molar-refractivity contribution in [2.45, 2.75) is 26.7 Å². The lowest BCUT2D eigenvalue weighted by atomic mass is 10.0. The van der Waals surface area contributed by atoms with Crippen LogP contribution in [0.15, 0.2) is 48.5 Å². The van der Waals surface area contributed by atoms with Crippen molar-refractivity contribution in [1.82, 2.24) is 5.32 Å². The molecule has 2 rings (SSSR count). The molecule has 3 nitrogen and oxygen atoms in total. The van der Waals surface area contributed by atoms with Crippen LogP contribution in [0.5, 0.6) is 0 Å². The van der Waals surface area contributed by atoms with Crippen molar-refractivity contribution in [2.75, 3.05) is 6.54 Å². The van der Waals surface area contributed by atoms with E-state index in [1.165, 1.54) is 0 Å².